The molecule has 2 fully saturated rings. The molecule has 3 atom stereocenters. The SMILES string of the molecule is Cc1nc(CC(=O)N2CCCC(C3NNCC3c3ccc(F)cc3)C2)cs1. The maximum atomic E-state index is 13.3. The average molecular weight is 389 g/mol. The minimum absolute atomic E-state index is 0.161. The van der Waals surface area contributed by atoms with Gasteiger partial charge in [-0.15, -0.1) is 11.3 Å². The van der Waals surface area contributed by atoms with Crippen molar-refractivity contribution in [2.45, 2.75) is 38.1 Å². The highest BCUT2D eigenvalue weighted by atomic mass is 32.1. The molecular weight excluding hydrogens is 363 g/mol. The molecule has 0 aliphatic carbocycles. The van der Waals surface area contributed by atoms with Gasteiger partial charge in [0, 0.05) is 37.0 Å². The Morgan fingerprint density at radius 1 is 1.37 bits per heavy atom. The number of hydrazine groups is 1. The summed E-state index contributed by atoms with van der Waals surface area (Å²) in [7, 11) is 0. The number of piperidine rings is 1. The zero-order valence-corrected chi connectivity index (χ0v) is 16.3. The molecule has 144 valence electrons. The molecule has 3 unspecified atom stereocenters. The summed E-state index contributed by atoms with van der Waals surface area (Å²) in [4.78, 5) is 19.1. The van der Waals surface area contributed by atoms with Crippen molar-refractivity contribution in [2.75, 3.05) is 19.6 Å². The van der Waals surface area contributed by atoms with Crippen molar-refractivity contribution >= 4 is 17.2 Å². The molecular formula is C20H25FN4OS. The number of aryl methyl sites for hydroxylation is 1. The van der Waals surface area contributed by atoms with Gasteiger partial charge in [-0.25, -0.2) is 9.37 Å². The number of carbonyl (C=O) groups is 1. The first-order valence-electron chi connectivity index (χ1n) is 9.53. The molecule has 2 aliphatic heterocycles. The number of aromatic nitrogens is 1. The maximum absolute atomic E-state index is 13.3. The Labute approximate surface area is 163 Å². The molecule has 2 N–H and O–H groups in total. The summed E-state index contributed by atoms with van der Waals surface area (Å²) >= 11 is 1.59. The fourth-order valence-electron chi connectivity index (χ4n) is 4.28. The van der Waals surface area contributed by atoms with Crippen molar-refractivity contribution in [3.05, 3.63) is 51.7 Å². The number of halogens is 1. The van der Waals surface area contributed by atoms with E-state index in [2.05, 4.69) is 15.8 Å². The summed E-state index contributed by atoms with van der Waals surface area (Å²) in [5.74, 6) is 0.618. The largest absolute Gasteiger partial charge is 0.342 e. The van der Waals surface area contributed by atoms with E-state index in [1.807, 2.05) is 29.3 Å². The molecule has 1 aromatic heterocycles. The number of nitrogens with one attached hydrogen (secondary N) is 2. The van der Waals surface area contributed by atoms with Gasteiger partial charge in [0.05, 0.1) is 17.1 Å². The molecule has 0 spiro atoms. The summed E-state index contributed by atoms with van der Waals surface area (Å²) in [6.45, 7) is 4.36. The lowest BCUT2D eigenvalue weighted by Crippen LogP contribution is -2.48. The van der Waals surface area contributed by atoms with Gasteiger partial charge in [-0.05, 0) is 43.4 Å². The first kappa shape index (κ1) is 18.5. The van der Waals surface area contributed by atoms with Gasteiger partial charge in [0.15, 0.2) is 0 Å². The number of hydrogen-bond donors (Lipinski definition) is 2. The molecule has 0 saturated carbocycles. The zero-order chi connectivity index (χ0) is 18.8. The van der Waals surface area contributed by atoms with Crippen LogP contribution >= 0.6 is 11.3 Å². The number of thiazole rings is 1. The fraction of sp³-hybridized carbons (Fsp3) is 0.500. The van der Waals surface area contributed by atoms with Crippen LogP contribution in [0.5, 0.6) is 0 Å². The second kappa shape index (κ2) is 8.04. The average Bonchev–Trinajstić information content (AvgIpc) is 3.32. The first-order valence-corrected chi connectivity index (χ1v) is 10.4. The van der Waals surface area contributed by atoms with Crippen molar-refractivity contribution in [2.24, 2.45) is 5.92 Å². The molecule has 3 heterocycles. The highest BCUT2D eigenvalue weighted by Gasteiger charge is 2.37. The van der Waals surface area contributed by atoms with Crippen LogP contribution in [0.4, 0.5) is 4.39 Å². The van der Waals surface area contributed by atoms with Gasteiger partial charge < -0.3 is 4.90 Å². The van der Waals surface area contributed by atoms with Crippen molar-refractivity contribution in [1.82, 2.24) is 20.7 Å². The molecule has 5 nitrogen and oxygen atoms in total. The predicted molar refractivity (Wildman–Crippen MR) is 104 cm³/mol. The Kier molecular flexibility index (Phi) is 5.52. The lowest BCUT2D eigenvalue weighted by molar-refractivity contribution is -0.132. The normalized spacial score (nSPS) is 25.7. The summed E-state index contributed by atoms with van der Waals surface area (Å²) in [5, 5.41) is 2.97. The predicted octanol–water partition coefficient (Wildman–Crippen LogP) is 2.63. The third-order valence-corrected chi connectivity index (χ3v) is 6.46. The van der Waals surface area contributed by atoms with E-state index in [0.29, 0.717) is 12.3 Å². The van der Waals surface area contributed by atoms with E-state index in [1.54, 1.807) is 11.3 Å². The minimum atomic E-state index is -0.207. The van der Waals surface area contributed by atoms with Crippen LogP contribution in [-0.4, -0.2) is 41.5 Å². The van der Waals surface area contributed by atoms with Crippen molar-refractivity contribution in [1.29, 1.82) is 0 Å². The summed E-state index contributed by atoms with van der Waals surface area (Å²) in [6.07, 6.45) is 2.49. The van der Waals surface area contributed by atoms with E-state index in [1.165, 1.54) is 12.1 Å². The van der Waals surface area contributed by atoms with Crippen LogP contribution in [0.15, 0.2) is 29.6 Å². The van der Waals surface area contributed by atoms with Gasteiger partial charge in [-0.3, -0.25) is 15.6 Å². The number of nitrogens with zero attached hydrogens (tertiary/aromatic N) is 2. The fourth-order valence-corrected chi connectivity index (χ4v) is 4.89. The molecule has 0 bridgehead atoms. The van der Waals surface area contributed by atoms with Gasteiger partial charge in [0.25, 0.3) is 0 Å². The van der Waals surface area contributed by atoms with Gasteiger partial charge >= 0.3 is 0 Å². The lowest BCUT2D eigenvalue weighted by atomic mass is 9.81. The molecule has 4 rings (SSSR count). The number of rotatable bonds is 4. The highest BCUT2D eigenvalue weighted by molar-refractivity contribution is 7.09. The van der Waals surface area contributed by atoms with Gasteiger partial charge in [0.1, 0.15) is 5.82 Å². The molecule has 1 amide bonds. The van der Waals surface area contributed by atoms with E-state index in [9.17, 15) is 9.18 Å². The topological polar surface area (TPSA) is 57.3 Å². The Bertz CT molecular complexity index is 794. The monoisotopic (exact) mass is 388 g/mol. The quantitative estimate of drug-likeness (QED) is 0.846. The summed E-state index contributed by atoms with van der Waals surface area (Å²) in [6, 6.07) is 7.04. The zero-order valence-electron chi connectivity index (χ0n) is 15.5. The van der Waals surface area contributed by atoms with Crippen molar-refractivity contribution in [3.8, 4) is 0 Å². The number of amides is 1. The van der Waals surface area contributed by atoms with E-state index < -0.39 is 0 Å². The van der Waals surface area contributed by atoms with Crippen LogP contribution in [0.2, 0.25) is 0 Å². The lowest BCUT2D eigenvalue weighted by Gasteiger charge is -2.37. The smallest absolute Gasteiger partial charge is 0.228 e. The number of hydrogen-bond acceptors (Lipinski definition) is 5. The number of carbonyl (C=O) groups excluding carboxylic acids is 1. The molecule has 2 aromatic rings. The Morgan fingerprint density at radius 2 is 2.19 bits per heavy atom. The van der Waals surface area contributed by atoms with Crippen LogP contribution in [-0.2, 0) is 11.2 Å². The van der Waals surface area contributed by atoms with Gasteiger partial charge in [0.2, 0.25) is 5.91 Å². The van der Waals surface area contributed by atoms with E-state index >= 15 is 0 Å². The Morgan fingerprint density at radius 3 is 2.93 bits per heavy atom. The van der Waals surface area contributed by atoms with E-state index in [4.69, 9.17) is 0 Å². The van der Waals surface area contributed by atoms with Crippen molar-refractivity contribution in [3.63, 3.8) is 0 Å². The van der Waals surface area contributed by atoms with Crippen LogP contribution in [0.3, 0.4) is 0 Å². The molecule has 27 heavy (non-hydrogen) atoms. The Balaban J connectivity index is 1.42. The van der Waals surface area contributed by atoms with Gasteiger partial charge in [-0.2, -0.15) is 0 Å². The summed E-state index contributed by atoms with van der Waals surface area (Å²) < 4.78 is 13.3. The third-order valence-electron chi connectivity index (χ3n) is 5.64. The van der Waals surface area contributed by atoms with Crippen LogP contribution < -0.4 is 10.9 Å². The van der Waals surface area contributed by atoms with Crippen LogP contribution in [0.25, 0.3) is 0 Å². The minimum Gasteiger partial charge on any atom is -0.342 e. The molecule has 7 heteroatoms. The first-order chi connectivity index (χ1) is 13.1. The highest BCUT2D eigenvalue weighted by Crippen LogP contribution is 2.32. The van der Waals surface area contributed by atoms with Gasteiger partial charge in [-0.1, -0.05) is 12.1 Å². The molecule has 1 aromatic carbocycles. The van der Waals surface area contributed by atoms with E-state index in [0.717, 1.165) is 48.7 Å². The Hall–Kier alpha value is -1.83. The molecule has 0 radical (unpaired) electrons. The van der Waals surface area contributed by atoms with Crippen molar-refractivity contribution < 1.29 is 9.18 Å². The van der Waals surface area contributed by atoms with E-state index in [-0.39, 0.29) is 23.7 Å². The number of likely N-dealkylation sites (tertiary alicyclic amines) is 1. The molecule has 2 aliphatic rings. The number of benzene rings is 1. The standard InChI is InChI=1S/C20H25FN4OS/c1-13-23-17(12-27-13)9-19(26)25-8-2-3-15(11-25)20-18(10-22-24-20)14-4-6-16(21)7-5-14/h4-7,12,15,18,20,22,24H,2-3,8-11H2,1H3. The second-order valence-corrected chi connectivity index (χ2v) is 8.55. The third kappa shape index (κ3) is 4.20. The second-order valence-electron chi connectivity index (χ2n) is 7.49. The molecule has 2 saturated heterocycles. The van der Waals surface area contributed by atoms with Crippen LogP contribution in [0.1, 0.15) is 35.0 Å². The maximum Gasteiger partial charge on any atom is 0.228 e. The van der Waals surface area contributed by atoms with Crippen LogP contribution in [0, 0.1) is 18.7 Å². The summed E-state index contributed by atoms with van der Waals surface area (Å²) in [5.41, 5.74) is 8.68.